The lowest BCUT2D eigenvalue weighted by Gasteiger charge is -2.24. The van der Waals surface area contributed by atoms with Gasteiger partial charge in [0.15, 0.2) is 0 Å². The van der Waals surface area contributed by atoms with Gasteiger partial charge in [-0.25, -0.2) is 0 Å². The third kappa shape index (κ3) is 4.39. The Morgan fingerprint density at radius 1 is 0.345 bits per heavy atom. The van der Waals surface area contributed by atoms with E-state index in [-0.39, 0.29) is 0 Å². The molecule has 11 rings (SSSR count). The molecule has 0 aliphatic rings. The number of rotatable bonds is 4. The van der Waals surface area contributed by atoms with E-state index in [4.69, 9.17) is 0 Å². The highest BCUT2D eigenvalue weighted by Crippen LogP contribution is 2.45. The first-order valence-electron chi connectivity index (χ1n) is 18.3. The van der Waals surface area contributed by atoms with Crippen molar-refractivity contribution in [2.75, 3.05) is 0 Å². The molecule has 0 atom stereocenters. The van der Waals surface area contributed by atoms with Crippen molar-refractivity contribution in [3.8, 4) is 40.3 Å². The lowest BCUT2D eigenvalue weighted by Crippen LogP contribution is -2.10. The Labute approximate surface area is 316 Å². The lowest BCUT2D eigenvalue weighted by atomic mass is 9.96. The second-order valence-corrected chi connectivity index (χ2v) is 14.0. The molecule has 55 heavy (non-hydrogen) atoms. The van der Waals surface area contributed by atoms with E-state index in [1.165, 1.54) is 10.8 Å². The van der Waals surface area contributed by atoms with Crippen LogP contribution in [0, 0.1) is 22.7 Å². The average molecular weight is 700 g/mol. The molecule has 3 heterocycles. The van der Waals surface area contributed by atoms with Crippen LogP contribution in [0.1, 0.15) is 11.1 Å². The molecule has 0 radical (unpaired) electrons. The Kier molecular flexibility index (Phi) is 6.61. The number of hydrogen-bond donors (Lipinski definition) is 0. The SMILES string of the molecule is N#Cc1ccc(-c2cc(-n3c4ccccc4c4ccccc43)c(-n3c4ccccc4c4ccccc43)c(-n3c4ccccc4c4ccccc43)c2)c(C#N)c1. The Bertz CT molecular complexity index is 3170. The largest absolute Gasteiger partial charge is 0.307 e. The first kappa shape index (κ1) is 30.7. The van der Waals surface area contributed by atoms with Crippen molar-refractivity contribution in [3.63, 3.8) is 0 Å². The highest BCUT2D eigenvalue weighted by atomic mass is 15.1. The van der Waals surface area contributed by atoms with Crippen molar-refractivity contribution in [2.45, 2.75) is 0 Å². The van der Waals surface area contributed by atoms with Crippen molar-refractivity contribution in [2.24, 2.45) is 0 Å². The lowest BCUT2D eigenvalue weighted by molar-refractivity contribution is 1.05. The van der Waals surface area contributed by atoms with Crippen molar-refractivity contribution >= 4 is 65.4 Å². The molecule has 0 aliphatic carbocycles. The van der Waals surface area contributed by atoms with Crippen LogP contribution in [0.25, 0.3) is 93.6 Å². The molecule has 0 fully saturated rings. The molecular formula is C50H29N5. The smallest absolute Gasteiger partial charge is 0.0998 e. The normalized spacial score (nSPS) is 11.6. The van der Waals surface area contributed by atoms with E-state index in [9.17, 15) is 10.5 Å². The first-order valence-corrected chi connectivity index (χ1v) is 18.3. The monoisotopic (exact) mass is 699 g/mol. The van der Waals surface area contributed by atoms with Gasteiger partial charge in [-0.1, -0.05) is 115 Å². The number of aromatic nitrogens is 3. The molecule has 0 amide bonds. The van der Waals surface area contributed by atoms with E-state index in [0.29, 0.717) is 11.1 Å². The van der Waals surface area contributed by atoms with Gasteiger partial charge < -0.3 is 13.7 Å². The van der Waals surface area contributed by atoms with Crippen LogP contribution in [0.3, 0.4) is 0 Å². The maximum Gasteiger partial charge on any atom is 0.0998 e. The molecule has 0 spiro atoms. The minimum atomic E-state index is 0.449. The van der Waals surface area contributed by atoms with E-state index in [2.05, 4.69) is 184 Å². The summed E-state index contributed by atoms with van der Waals surface area (Å²) in [6.45, 7) is 0. The van der Waals surface area contributed by atoms with Gasteiger partial charge >= 0.3 is 0 Å². The van der Waals surface area contributed by atoms with Gasteiger partial charge in [0.25, 0.3) is 0 Å². The molecule has 5 heteroatoms. The Balaban J connectivity index is 1.43. The third-order valence-electron chi connectivity index (χ3n) is 11.1. The predicted molar refractivity (Wildman–Crippen MR) is 224 cm³/mol. The van der Waals surface area contributed by atoms with Crippen LogP contribution in [0.15, 0.2) is 176 Å². The van der Waals surface area contributed by atoms with Crippen molar-refractivity contribution in [3.05, 3.63) is 187 Å². The van der Waals surface area contributed by atoms with Crippen molar-refractivity contribution < 1.29 is 0 Å². The van der Waals surface area contributed by atoms with Crippen LogP contribution in [-0.4, -0.2) is 13.7 Å². The van der Waals surface area contributed by atoms with Gasteiger partial charge in [-0.3, -0.25) is 0 Å². The van der Waals surface area contributed by atoms with E-state index < -0.39 is 0 Å². The summed E-state index contributed by atoms with van der Waals surface area (Å²) in [5.74, 6) is 0. The zero-order valence-electron chi connectivity index (χ0n) is 29.5. The predicted octanol–water partition coefficient (Wildman–Crippen LogP) is 12.4. The fraction of sp³-hybridized carbons (Fsp3) is 0. The molecule has 0 N–H and O–H groups in total. The molecule has 254 valence electrons. The Morgan fingerprint density at radius 3 is 1.04 bits per heavy atom. The fourth-order valence-electron chi connectivity index (χ4n) is 8.82. The Morgan fingerprint density at radius 2 is 0.691 bits per heavy atom. The number of benzene rings is 8. The first-order chi connectivity index (χ1) is 27.2. The molecule has 11 aromatic rings. The number of para-hydroxylation sites is 6. The van der Waals surface area contributed by atoms with Crippen LogP contribution in [0.5, 0.6) is 0 Å². The van der Waals surface area contributed by atoms with E-state index in [0.717, 1.165) is 82.8 Å². The van der Waals surface area contributed by atoms with Crippen LogP contribution in [0.2, 0.25) is 0 Å². The molecule has 5 nitrogen and oxygen atoms in total. The van der Waals surface area contributed by atoms with Crippen LogP contribution in [-0.2, 0) is 0 Å². The summed E-state index contributed by atoms with van der Waals surface area (Å²) in [6, 6.07) is 66.2. The van der Waals surface area contributed by atoms with Crippen LogP contribution >= 0.6 is 0 Å². The minimum Gasteiger partial charge on any atom is -0.307 e. The quantitative estimate of drug-likeness (QED) is 0.184. The second kappa shape index (κ2) is 11.8. The molecule has 0 aliphatic heterocycles. The number of nitriles is 2. The van der Waals surface area contributed by atoms with Gasteiger partial charge in [0.1, 0.15) is 0 Å². The maximum atomic E-state index is 10.5. The molecule has 0 saturated carbocycles. The van der Waals surface area contributed by atoms with E-state index >= 15 is 0 Å². The molecular weight excluding hydrogens is 671 g/mol. The molecule has 8 aromatic carbocycles. The molecule has 0 unspecified atom stereocenters. The van der Waals surface area contributed by atoms with Gasteiger partial charge in [0.05, 0.1) is 73.4 Å². The maximum absolute atomic E-state index is 10.5. The van der Waals surface area contributed by atoms with E-state index in [1.807, 2.05) is 6.07 Å². The second-order valence-electron chi connectivity index (χ2n) is 14.0. The Hall–Kier alpha value is -7.86. The zero-order valence-corrected chi connectivity index (χ0v) is 29.5. The number of nitrogens with zero attached hydrogens (tertiary/aromatic N) is 5. The standard InChI is InChI=1S/C50H29N5/c51-30-32-25-26-35(34(27-32)31-52)33-28-48(53-42-19-7-1-13-36(42)37-14-2-8-20-43(37)53)50(55-46-23-11-5-17-40(46)41-18-6-12-24-47(41)55)49(29-33)54-44-21-9-3-15-38(44)39-16-4-10-22-45(39)54/h1-29H. The average Bonchev–Trinajstić information content (AvgIpc) is 3.89. The van der Waals surface area contributed by atoms with Gasteiger partial charge in [0, 0.05) is 32.3 Å². The zero-order chi connectivity index (χ0) is 36.6. The summed E-state index contributed by atoms with van der Waals surface area (Å²) in [5, 5.41) is 27.3. The summed E-state index contributed by atoms with van der Waals surface area (Å²) >= 11 is 0. The molecule has 0 saturated heterocycles. The number of fused-ring (bicyclic) bond motifs is 9. The van der Waals surface area contributed by atoms with Crippen molar-refractivity contribution in [1.29, 1.82) is 10.5 Å². The summed E-state index contributed by atoms with van der Waals surface area (Å²) in [7, 11) is 0. The highest BCUT2D eigenvalue weighted by molar-refractivity contribution is 6.14. The third-order valence-corrected chi connectivity index (χ3v) is 11.1. The fourth-order valence-corrected chi connectivity index (χ4v) is 8.82. The van der Waals surface area contributed by atoms with Gasteiger partial charge in [0.2, 0.25) is 0 Å². The minimum absolute atomic E-state index is 0.449. The van der Waals surface area contributed by atoms with E-state index in [1.54, 1.807) is 12.1 Å². The van der Waals surface area contributed by atoms with Crippen LogP contribution in [0.4, 0.5) is 0 Å². The molecule has 3 aromatic heterocycles. The number of hydrogen-bond acceptors (Lipinski definition) is 2. The summed E-state index contributed by atoms with van der Waals surface area (Å²) in [4.78, 5) is 0. The summed E-state index contributed by atoms with van der Waals surface area (Å²) < 4.78 is 7.20. The summed E-state index contributed by atoms with van der Waals surface area (Å²) in [6.07, 6.45) is 0. The van der Waals surface area contributed by atoms with Crippen LogP contribution < -0.4 is 0 Å². The van der Waals surface area contributed by atoms with Gasteiger partial charge in [-0.2, -0.15) is 10.5 Å². The summed E-state index contributed by atoms with van der Waals surface area (Å²) in [5.41, 5.74) is 12.0. The topological polar surface area (TPSA) is 62.4 Å². The van der Waals surface area contributed by atoms with Gasteiger partial charge in [-0.15, -0.1) is 0 Å². The molecule has 0 bridgehead atoms. The highest BCUT2D eigenvalue weighted by Gasteiger charge is 2.26. The van der Waals surface area contributed by atoms with Crippen molar-refractivity contribution in [1.82, 2.24) is 13.7 Å². The van der Waals surface area contributed by atoms with Gasteiger partial charge in [-0.05, 0) is 71.8 Å².